The molecule has 2 rings (SSSR count). The molecule has 0 aliphatic heterocycles. The largest absolute Gasteiger partial charge is 0.493 e. The molecular formula is C16H22O3. The van der Waals surface area contributed by atoms with E-state index in [4.69, 9.17) is 9.84 Å². The van der Waals surface area contributed by atoms with E-state index in [0.29, 0.717) is 6.61 Å². The van der Waals surface area contributed by atoms with Crippen LogP contribution in [0.5, 0.6) is 5.75 Å². The number of carbonyl (C=O) groups is 1. The molecule has 0 spiro atoms. The van der Waals surface area contributed by atoms with Crippen LogP contribution >= 0.6 is 0 Å². The molecular weight excluding hydrogens is 240 g/mol. The van der Waals surface area contributed by atoms with E-state index in [1.807, 2.05) is 12.1 Å². The molecule has 0 bridgehead atoms. The quantitative estimate of drug-likeness (QED) is 0.881. The normalized spacial score (nSPS) is 17.0. The number of aliphatic carboxylic acids is 1. The van der Waals surface area contributed by atoms with Crippen molar-refractivity contribution in [3.8, 4) is 5.75 Å². The number of carboxylic acid groups (broad SMARTS) is 1. The number of ether oxygens (including phenoxy) is 1. The highest BCUT2D eigenvalue weighted by Gasteiger charge is 2.45. The van der Waals surface area contributed by atoms with Gasteiger partial charge in [0, 0.05) is 5.41 Å². The van der Waals surface area contributed by atoms with Crippen LogP contribution in [-0.2, 0) is 10.2 Å². The topological polar surface area (TPSA) is 46.5 Å². The monoisotopic (exact) mass is 262 g/mol. The fraction of sp³-hybridized carbons (Fsp3) is 0.562. The fourth-order valence-electron chi connectivity index (χ4n) is 2.16. The predicted molar refractivity (Wildman–Crippen MR) is 74.6 cm³/mol. The van der Waals surface area contributed by atoms with Crippen LogP contribution in [0.4, 0.5) is 0 Å². The summed E-state index contributed by atoms with van der Waals surface area (Å²) in [5.41, 5.74) is 1.20. The molecule has 0 unspecified atom stereocenters. The van der Waals surface area contributed by atoms with Gasteiger partial charge >= 0.3 is 5.97 Å². The SMILES string of the molecule is CC(C)(C)c1cccc(OCC2(CC(=O)O)CC2)c1. The van der Waals surface area contributed by atoms with Gasteiger partial charge in [-0.15, -0.1) is 0 Å². The molecule has 3 heteroatoms. The van der Waals surface area contributed by atoms with Gasteiger partial charge in [-0.2, -0.15) is 0 Å². The summed E-state index contributed by atoms with van der Waals surface area (Å²) in [5.74, 6) is 0.105. The number of carboxylic acids is 1. The maximum absolute atomic E-state index is 10.8. The highest BCUT2D eigenvalue weighted by atomic mass is 16.5. The Kier molecular flexibility index (Phi) is 3.57. The van der Waals surface area contributed by atoms with Gasteiger partial charge in [0.25, 0.3) is 0 Å². The minimum absolute atomic E-state index is 0.0949. The second kappa shape index (κ2) is 4.87. The van der Waals surface area contributed by atoms with Gasteiger partial charge in [-0.1, -0.05) is 32.9 Å². The van der Waals surface area contributed by atoms with E-state index in [1.165, 1.54) is 5.56 Å². The average Bonchev–Trinajstić information content (AvgIpc) is 3.05. The van der Waals surface area contributed by atoms with Gasteiger partial charge in [0.2, 0.25) is 0 Å². The Hall–Kier alpha value is -1.51. The second-order valence-electron chi connectivity index (χ2n) is 6.64. The van der Waals surface area contributed by atoms with Gasteiger partial charge in [0.1, 0.15) is 5.75 Å². The van der Waals surface area contributed by atoms with Crippen LogP contribution in [0.2, 0.25) is 0 Å². The molecule has 1 aliphatic rings. The van der Waals surface area contributed by atoms with E-state index < -0.39 is 5.97 Å². The summed E-state index contributed by atoms with van der Waals surface area (Å²) in [6.45, 7) is 7.00. The Morgan fingerprint density at radius 2 is 2.05 bits per heavy atom. The third-order valence-electron chi connectivity index (χ3n) is 3.73. The molecule has 0 radical (unpaired) electrons. The van der Waals surface area contributed by atoms with Crippen LogP contribution in [0.1, 0.15) is 45.6 Å². The summed E-state index contributed by atoms with van der Waals surface area (Å²) in [6, 6.07) is 8.08. The van der Waals surface area contributed by atoms with Crippen LogP contribution in [-0.4, -0.2) is 17.7 Å². The molecule has 1 aliphatic carbocycles. The van der Waals surface area contributed by atoms with E-state index >= 15 is 0 Å². The Morgan fingerprint density at radius 1 is 1.37 bits per heavy atom. The molecule has 0 heterocycles. The van der Waals surface area contributed by atoms with Gasteiger partial charge in [-0.05, 0) is 36.0 Å². The highest BCUT2D eigenvalue weighted by molar-refractivity contribution is 5.68. The van der Waals surface area contributed by atoms with E-state index in [0.717, 1.165) is 18.6 Å². The van der Waals surface area contributed by atoms with Crippen molar-refractivity contribution in [2.45, 2.75) is 45.4 Å². The fourth-order valence-corrected chi connectivity index (χ4v) is 2.16. The van der Waals surface area contributed by atoms with Crippen LogP contribution in [0, 0.1) is 5.41 Å². The molecule has 1 aromatic carbocycles. The van der Waals surface area contributed by atoms with Crippen molar-refractivity contribution in [1.29, 1.82) is 0 Å². The van der Waals surface area contributed by atoms with Crippen molar-refractivity contribution in [3.63, 3.8) is 0 Å². The molecule has 0 atom stereocenters. The molecule has 0 saturated heterocycles. The van der Waals surface area contributed by atoms with Gasteiger partial charge in [0.05, 0.1) is 13.0 Å². The van der Waals surface area contributed by atoms with Crippen molar-refractivity contribution in [2.24, 2.45) is 5.41 Å². The van der Waals surface area contributed by atoms with Gasteiger partial charge in [0.15, 0.2) is 0 Å². The highest BCUT2D eigenvalue weighted by Crippen LogP contribution is 2.49. The van der Waals surface area contributed by atoms with Crippen molar-refractivity contribution in [1.82, 2.24) is 0 Å². The number of benzene rings is 1. The zero-order chi connectivity index (χ0) is 14.1. The molecule has 1 aromatic rings. The number of rotatable bonds is 5. The number of hydrogen-bond donors (Lipinski definition) is 1. The lowest BCUT2D eigenvalue weighted by atomic mass is 9.87. The van der Waals surface area contributed by atoms with E-state index in [-0.39, 0.29) is 17.3 Å². The summed E-state index contributed by atoms with van der Waals surface area (Å²) < 4.78 is 5.81. The Labute approximate surface area is 114 Å². The second-order valence-corrected chi connectivity index (χ2v) is 6.64. The summed E-state index contributed by atoms with van der Waals surface area (Å²) >= 11 is 0. The Bertz CT molecular complexity index is 467. The van der Waals surface area contributed by atoms with Crippen LogP contribution in [0.15, 0.2) is 24.3 Å². The molecule has 1 N–H and O–H groups in total. The first kappa shape index (κ1) is 13.9. The predicted octanol–water partition coefficient (Wildman–Crippen LogP) is 3.62. The smallest absolute Gasteiger partial charge is 0.304 e. The zero-order valence-electron chi connectivity index (χ0n) is 11.9. The van der Waals surface area contributed by atoms with E-state index in [1.54, 1.807) is 0 Å². The number of hydrogen-bond acceptors (Lipinski definition) is 2. The summed E-state index contributed by atoms with van der Waals surface area (Å²) in [7, 11) is 0. The molecule has 104 valence electrons. The standard InChI is InChI=1S/C16H22O3/c1-15(2,3)12-5-4-6-13(9-12)19-11-16(7-8-16)10-14(17)18/h4-6,9H,7-8,10-11H2,1-3H3,(H,17,18). The maximum Gasteiger partial charge on any atom is 0.304 e. The molecule has 1 fully saturated rings. The maximum atomic E-state index is 10.8. The lowest BCUT2D eigenvalue weighted by molar-refractivity contribution is -0.138. The van der Waals surface area contributed by atoms with Gasteiger partial charge < -0.3 is 9.84 Å². The zero-order valence-corrected chi connectivity index (χ0v) is 11.9. The van der Waals surface area contributed by atoms with E-state index in [2.05, 4.69) is 32.9 Å². The molecule has 19 heavy (non-hydrogen) atoms. The average molecular weight is 262 g/mol. The third-order valence-corrected chi connectivity index (χ3v) is 3.73. The van der Waals surface area contributed by atoms with Crippen molar-refractivity contribution >= 4 is 5.97 Å². The first-order valence-corrected chi connectivity index (χ1v) is 6.76. The Balaban J connectivity index is 1.99. The summed E-state index contributed by atoms with van der Waals surface area (Å²) in [5, 5.41) is 8.88. The Morgan fingerprint density at radius 3 is 2.58 bits per heavy atom. The van der Waals surface area contributed by atoms with Crippen LogP contribution in [0.25, 0.3) is 0 Å². The summed E-state index contributed by atoms with van der Waals surface area (Å²) in [6.07, 6.45) is 2.13. The van der Waals surface area contributed by atoms with Crippen LogP contribution < -0.4 is 4.74 Å². The van der Waals surface area contributed by atoms with Crippen molar-refractivity contribution < 1.29 is 14.6 Å². The van der Waals surface area contributed by atoms with Gasteiger partial charge in [-0.3, -0.25) is 4.79 Å². The molecule has 3 nitrogen and oxygen atoms in total. The lowest BCUT2D eigenvalue weighted by Crippen LogP contribution is -2.17. The first-order valence-electron chi connectivity index (χ1n) is 6.76. The van der Waals surface area contributed by atoms with Crippen molar-refractivity contribution in [3.05, 3.63) is 29.8 Å². The molecule has 0 amide bonds. The minimum Gasteiger partial charge on any atom is -0.493 e. The van der Waals surface area contributed by atoms with E-state index in [9.17, 15) is 4.79 Å². The lowest BCUT2D eigenvalue weighted by Gasteiger charge is -2.20. The summed E-state index contributed by atoms with van der Waals surface area (Å²) in [4.78, 5) is 10.8. The molecule has 0 aromatic heterocycles. The van der Waals surface area contributed by atoms with Crippen molar-refractivity contribution in [2.75, 3.05) is 6.61 Å². The minimum atomic E-state index is -0.732. The first-order chi connectivity index (χ1) is 8.81. The van der Waals surface area contributed by atoms with Gasteiger partial charge in [-0.25, -0.2) is 0 Å². The third kappa shape index (κ3) is 3.72. The molecule has 1 saturated carbocycles. The van der Waals surface area contributed by atoms with Crippen LogP contribution in [0.3, 0.4) is 0 Å².